The highest BCUT2D eigenvalue weighted by atomic mass is 16.5. The number of ketones is 1. The van der Waals surface area contributed by atoms with Gasteiger partial charge in [-0.1, -0.05) is 0 Å². The summed E-state index contributed by atoms with van der Waals surface area (Å²) in [6.07, 6.45) is 7.38. The number of rotatable bonds is 10. The Morgan fingerprint density at radius 1 is 1.12 bits per heavy atom. The van der Waals surface area contributed by atoms with E-state index in [9.17, 15) is 14.4 Å². The smallest absolute Gasteiger partial charge is 0.374 e. The molecule has 2 aliphatic rings. The first kappa shape index (κ1) is 27.0. The molecule has 3 atom stereocenters. The van der Waals surface area contributed by atoms with Crippen LogP contribution < -0.4 is 9.47 Å². The van der Waals surface area contributed by atoms with E-state index in [1.807, 2.05) is 42.0 Å². The summed E-state index contributed by atoms with van der Waals surface area (Å²) in [6.45, 7) is 2.36. The van der Waals surface area contributed by atoms with E-state index in [1.54, 1.807) is 25.8 Å². The van der Waals surface area contributed by atoms with E-state index in [1.165, 1.54) is 0 Å². The van der Waals surface area contributed by atoms with Crippen LogP contribution in [0.3, 0.4) is 0 Å². The molecule has 0 unspecified atom stereocenters. The number of carbonyl (C=O) groups excluding carboxylic acids is 2. The number of esters is 1. The molecule has 1 saturated carbocycles. The van der Waals surface area contributed by atoms with Gasteiger partial charge >= 0.3 is 11.9 Å². The highest BCUT2D eigenvalue weighted by molar-refractivity contribution is 6.33. The standard InChI is InChI=1S/C29H30N4O7/c1-3-39-25-13-19-20-12-18(40-29(37)23(34)7-9-27(35)36)5-6-22(20)32-28(21(19)14-24(25)38-2)17-4-8-26(31-15-17)33-11-10-30-16-33/h4,8,10-11,13-16,18,20,22H,3,5-7,9,12H2,1-2H3,(H,35,36)/t18-,20-,22-/m1/s1. The van der Waals surface area contributed by atoms with Gasteiger partial charge in [0, 0.05) is 42.1 Å². The topological polar surface area (TPSA) is 142 Å². The molecule has 0 bridgehead atoms. The van der Waals surface area contributed by atoms with Crippen LogP contribution in [0.25, 0.3) is 5.82 Å². The van der Waals surface area contributed by atoms with Crippen molar-refractivity contribution < 1.29 is 33.7 Å². The van der Waals surface area contributed by atoms with Gasteiger partial charge in [-0.2, -0.15) is 0 Å². The Balaban J connectivity index is 1.45. The number of Topliss-reactive ketones (excluding diaryl/α,β-unsaturated/α-hetero) is 1. The number of aromatic nitrogens is 3. The van der Waals surface area contributed by atoms with Crippen molar-refractivity contribution in [2.75, 3.05) is 13.7 Å². The van der Waals surface area contributed by atoms with Crippen molar-refractivity contribution in [1.82, 2.24) is 14.5 Å². The van der Waals surface area contributed by atoms with E-state index in [0.717, 1.165) is 28.2 Å². The molecule has 3 heterocycles. The predicted molar refractivity (Wildman–Crippen MR) is 143 cm³/mol. The molecule has 11 heteroatoms. The third kappa shape index (κ3) is 5.58. The van der Waals surface area contributed by atoms with E-state index in [-0.39, 0.29) is 18.4 Å². The lowest BCUT2D eigenvalue weighted by Crippen LogP contribution is -2.37. The maximum absolute atomic E-state index is 12.4. The minimum atomic E-state index is -1.14. The first-order valence-electron chi connectivity index (χ1n) is 13.2. The minimum absolute atomic E-state index is 0.0728. The normalized spacial score (nSPS) is 19.6. The summed E-state index contributed by atoms with van der Waals surface area (Å²) >= 11 is 0. The van der Waals surface area contributed by atoms with Crippen LogP contribution >= 0.6 is 0 Å². The molecule has 1 aliphatic heterocycles. The average Bonchev–Trinajstić information content (AvgIpc) is 3.51. The fourth-order valence-electron chi connectivity index (χ4n) is 5.31. The summed E-state index contributed by atoms with van der Waals surface area (Å²) in [5.41, 5.74) is 3.52. The first-order valence-corrected chi connectivity index (χ1v) is 13.2. The molecule has 0 amide bonds. The van der Waals surface area contributed by atoms with Crippen molar-refractivity contribution in [3.05, 3.63) is 65.9 Å². The lowest BCUT2D eigenvalue weighted by atomic mass is 9.74. The van der Waals surface area contributed by atoms with Gasteiger partial charge in [-0.3, -0.25) is 19.1 Å². The number of hydrogen-bond acceptors (Lipinski definition) is 9. The highest BCUT2D eigenvalue weighted by Crippen LogP contribution is 2.45. The highest BCUT2D eigenvalue weighted by Gasteiger charge is 2.39. The van der Waals surface area contributed by atoms with Gasteiger partial charge in [0.1, 0.15) is 18.2 Å². The van der Waals surface area contributed by atoms with Crippen LogP contribution in [0.5, 0.6) is 11.5 Å². The Morgan fingerprint density at radius 3 is 2.65 bits per heavy atom. The van der Waals surface area contributed by atoms with Crippen molar-refractivity contribution in [2.24, 2.45) is 4.99 Å². The number of methoxy groups -OCH3 is 1. The molecule has 2 aromatic heterocycles. The quantitative estimate of drug-likeness (QED) is 0.299. The lowest BCUT2D eigenvalue weighted by molar-refractivity contribution is -0.159. The summed E-state index contributed by atoms with van der Waals surface area (Å²) in [7, 11) is 1.59. The Morgan fingerprint density at radius 2 is 1.98 bits per heavy atom. The number of carboxylic acids is 1. The summed E-state index contributed by atoms with van der Waals surface area (Å²) in [5, 5.41) is 8.80. The van der Waals surface area contributed by atoms with E-state index in [2.05, 4.69) is 9.97 Å². The molecule has 40 heavy (non-hydrogen) atoms. The number of imidazole rings is 1. The number of aliphatic carboxylic acids is 1. The number of carboxylic acid groups (broad SMARTS) is 1. The van der Waals surface area contributed by atoms with Crippen LogP contribution in [0, 0.1) is 0 Å². The van der Waals surface area contributed by atoms with Gasteiger partial charge < -0.3 is 19.3 Å². The average molecular weight is 547 g/mol. The van der Waals surface area contributed by atoms with Crippen LogP contribution in [-0.4, -0.2) is 68.9 Å². The number of pyridine rings is 1. The Bertz CT molecular complexity index is 1430. The molecule has 1 fully saturated rings. The molecule has 1 N–H and O–H groups in total. The fraction of sp³-hybridized carbons (Fsp3) is 0.379. The van der Waals surface area contributed by atoms with Gasteiger partial charge in [0.15, 0.2) is 11.5 Å². The van der Waals surface area contributed by atoms with Gasteiger partial charge in [0.25, 0.3) is 0 Å². The van der Waals surface area contributed by atoms with E-state index < -0.39 is 30.2 Å². The second-order valence-corrected chi connectivity index (χ2v) is 9.71. The Kier molecular flexibility index (Phi) is 7.90. The molecule has 0 spiro atoms. The zero-order valence-corrected chi connectivity index (χ0v) is 22.3. The first-order chi connectivity index (χ1) is 19.4. The number of carbonyl (C=O) groups is 3. The monoisotopic (exact) mass is 546 g/mol. The molecule has 3 aromatic rings. The number of aliphatic imine (C=N–C) groups is 1. The van der Waals surface area contributed by atoms with Gasteiger partial charge in [-0.25, -0.2) is 14.8 Å². The number of benzene rings is 1. The van der Waals surface area contributed by atoms with E-state index >= 15 is 0 Å². The number of ether oxygens (including phenoxy) is 3. The van der Waals surface area contributed by atoms with Crippen LogP contribution in [0.2, 0.25) is 0 Å². The second-order valence-electron chi connectivity index (χ2n) is 9.71. The lowest BCUT2D eigenvalue weighted by Gasteiger charge is -2.38. The van der Waals surface area contributed by atoms with Gasteiger partial charge in [-0.15, -0.1) is 0 Å². The number of fused-ring (bicyclic) bond motifs is 3. The van der Waals surface area contributed by atoms with Crippen LogP contribution in [0.15, 0.2) is 54.2 Å². The Labute approximate surface area is 230 Å². The van der Waals surface area contributed by atoms with Crippen molar-refractivity contribution in [2.45, 2.75) is 57.1 Å². The maximum atomic E-state index is 12.4. The molecule has 5 rings (SSSR count). The molecule has 1 aliphatic carbocycles. The van der Waals surface area contributed by atoms with E-state index in [4.69, 9.17) is 24.3 Å². The van der Waals surface area contributed by atoms with Crippen LogP contribution in [-0.2, 0) is 19.1 Å². The van der Waals surface area contributed by atoms with E-state index in [0.29, 0.717) is 37.4 Å². The Hall–Kier alpha value is -4.54. The molecule has 208 valence electrons. The van der Waals surface area contributed by atoms with Gasteiger partial charge in [-0.05, 0) is 56.0 Å². The molecule has 0 radical (unpaired) electrons. The second kappa shape index (κ2) is 11.7. The number of hydrogen-bond donors (Lipinski definition) is 1. The zero-order chi connectivity index (χ0) is 28.2. The van der Waals surface area contributed by atoms with Crippen molar-refractivity contribution >= 4 is 23.4 Å². The molecule has 11 nitrogen and oxygen atoms in total. The molecular weight excluding hydrogens is 516 g/mol. The summed E-state index contributed by atoms with van der Waals surface area (Å²) < 4.78 is 18.9. The molecule has 0 saturated heterocycles. The van der Waals surface area contributed by atoms with Crippen LogP contribution in [0.1, 0.15) is 61.6 Å². The van der Waals surface area contributed by atoms with Crippen LogP contribution in [0.4, 0.5) is 0 Å². The molecule has 1 aromatic carbocycles. The third-order valence-electron chi connectivity index (χ3n) is 7.21. The van der Waals surface area contributed by atoms with Gasteiger partial charge in [0.05, 0.1) is 31.9 Å². The largest absolute Gasteiger partial charge is 0.493 e. The minimum Gasteiger partial charge on any atom is -0.493 e. The predicted octanol–water partition coefficient (Wildman–Crippen LogP) is 3.51. The molecular formula is C29H30N4O7. The van der Waals surface area contributed by atoms with Gasteiger partial charge in [0.2, 0.25) is 5.78 Å². The zero-order valence-electron chi connectivity index (χ0n) is 22.3. The van der Waals surface area contributed by atoms with Crippen molar-refractivity contribution in [3.8, 4) is 17.3 Å². The summed E-state index contributed by atoms with van der Waals surface area (Å²) in [4.78, 5) is 49.0. The summed E-state index contributed by atoms with van der Waals surface area (Å²) in [5.74, 6) is -1.11. The van der Waals surface area contributed by atoms with Crippen molar-refractivity contribution in [3.63, 3.8) is 0 Å². The van der Waals surface area contributed by atoms with Crippen molar-refractivity contribution in [1.29, 1.82) is 0 Å². The SMILES string of the molecule is CCOc1cc2c(cc1OC)C(c1ccc(-n3ccnc3)nc1)=N[C@@H]1CC[C@@H](OC(=O)C(=O)CCC(=O)O)C[C@H]21. The third-order valence-corrected chi connectivity index (χ3v) is 7.21. The number of nitrogens with zero attached hydrogens (tertiary/aromatic N) is 4. The maximum Gasteiger partial charge on any atom is 0.374 e. The fourth-order valence-corrected chi connectivity index (χ4v) is 5.31. The summed E-state index contributed by atoms with van der Waals surface area (Å²) in [6, 6.07) is 7.71.